The third-order valence-corrected chi connectivity index (χ3v) is 4.99. The topological polar surface area (TPSA) is 48.6 Å². The Labute approximate surface area is 153 Å². The molecule has 0 saturated carbocycles. The summed E-state index contributed by atoms with van der Waals surface area (Å²) in [6.07, 6.45) is 0. The summed E-state index contributed by atoms with van der Waals surface area (Å²) in [4.78, 5) is 20.3. The third-order valence-electron chi connectivity index (χ3n) is 4.99. The highest BCUT2D eigenvalue weighted by atomic mass is 16.5. The first kappa shape index (κ1) is 16.5. The number of aromatic nitrogens is 1. The number of carbonyl (C=O) groups excluding carboxylic acids is 1. The molecule has 1 fully saturated rings. The summed E-state index contributed by atoms with van der Waals surface area (Å²) in [6, 6.07) is 16.2. The van der Waals surface area contributed by atoms with Crippen LogP contribution in [0.15, 0.2) is 48.5 Å². The Balaban J connectivity index is 1.45. The number of aryl methyl sites for hydroxylation is 1. The molecule has 1 N–H and O–H groups in total. The molecule has 1 aliphatic rings. The van der Waals surface area contributed by atoms with E-state index in [1.54, 1.807) is 7.11 Å². The summed E-state index contributed by atoms with van der Waals surface area (Å²) in [5.74, 6) is 0.929. The second-order valence-electron chi connectivity index (χ2n) is 6.75. The van der Waals surface area contributed by atoms with E-state index < -0.39 is 0 Å². The molecule has 5 nitrogen and oxygen atoms in total. The zero-order valence-corrected chi connectivity index (χ0v) is 15.2. The molecule has 26 heavy (non-hydrogen) atoms. The molecule has 134 valence electrons. The van der Waals surface area contributed by atoms with Crippen molar-refractivity contribution in [3.63, 3.8) is 0 Å². The van der Waals surface area contributed by atoms with Crippen LogP contribution in [0.2, 0.25) is 0 Å². The predicted octanol–water partition coefficient (Wildman–Crippen LogP) is 3.45. The molecule has 0 spiro atoms. The van der Waals surface area contributed by atoms with Crippen molar-refractivity contribution in [3.05, 3.63) is 59.8 Å². The van der Waals surface area contributed by atoms with Crippen LogP contribution in [0.1, 0.15) is 16.1 Å². The average molecular weight is 349 g/mol. The lowest BCUT2D eigenvalue weighted by Crippen LogP contribution is -2.48. The molecule has 5 heteroatoms. The normalized spacial score (nSPS) is 14.7. The fourth-order valence-corrected chi connectivity index (χ4v) is 3.50. The molecule has 0 aliphatic carbocycles. The lowest BCUT2D eigenvalue weighted by Gasteiger charge is -2.36. The Morgan fingerprint density at radius 2 is 1.85 bits per heavy atom. The second-order valence-corrected chi connectivity index (χ2v) is 6.75. The lowest BCUT2D eigenvalue weighted by atomic mass is 10.2. The first-order valence-electron chi connectivity index (χ1n) is 8.92. The van der Waals surface area contributed by atoms with Gasteiger partial charge in [0.05, 0.1) is 7.11 Å². The van der Waals surface area contributed by atoms with Crippen molar-refractivity contribution in [2.75, 3.05) is 38.2 Å². The molecular formula is C21H23N3O2. The fourth-order valence-electron chi connectivity index (χ4n) is 3.50. The average Bonchev–Trinajstić information content (AvgIpc) is 3.10. The highest BCUT2D eigenvalue weighted by Gasteiger charge is 2.23. The summed E-state index contributed by atoms with van der Waals surface area (Å²) in [5, 5.41) is 1.08. The summed E-state index contributed by atoms with van der Waals surface area (Å²) < 4.78 is 5.30. The van der Waals surface area contributed by atoms with Crippen molar-refractivity contribution in [2.24, 2.45) is 0 Å². The zero-order valence-electron chi connectivity index (χ0n) is 15.2. The van der Waals surface area contributed by atoms with Crippen molar-refractivity contribution in [3.8, 4) is 5.75 Å². The lowest BCUT2D eigenvalue weighted by molar-refractivity contribution is 0.0742. The maximum absolute atomic E-state index is 12.9. The Morgan fingerprint density at radius 1 is 1.04 bits per heavy atom. The van der Waals surface area contributed by atoms with E-state index in [4.69, 9.17) is 4.74 Å². The molecule has 1 saturated heterocycles. The van der Waals surface area contributed by atoms with Gasteiger partial charge < -0.3 is 19.5 Å². The van der Waals surface area contributed by atoms with Crippen LogP contribution in [0.3, 0.4) is 0 Å². The van der Waals surface area contributed by atoms with E-state index in [9.17, 15) is 4.79 Å². The predicted molar refractivity (Wildman–Crippen MR) is 104 cm³/mol. The number of benzene rings is 2. The number of fused-ring (bicyclic) bond motifs is 1. The number of anilines is 1. The van der Waals surface area contributed by atoms with Crippen LogP contribution in [0.4, 0.5) is 5.69 Å². The molecule has 0 atom stereocenters. The summed E-state index contributed by atoms with van der Waals surface area (Å²) in [6.45, 7) is 5.12. The minimum Gasteiger partial charge on any atom is -0.497 e. The van der Waals surface area contributed by atoms with Gasteiger partial charge in [-0.05, 0) is 36.8 Å². The van der Waals surface area contributed by atoms with Crippen molar-refractivity contribution in [2.45, 2.75) is 6.92 Å². The quantitative estimate of drug-likeness (QED) is 0.788. The van der Waals surface area contributed by atoms with Crippen LogP contribution in [-0.2, 0) is 0 Å². The van der Waals surface area contributed by atoms with Gasteiger partial charge in [0.25, 0.3) is 5.91 Å². The molecule has 0 bridgehead atoms. The number of piperazine rings is 1. The summed E-state index contributed by atoms with van der Waals surface area (Å²) in [7, 11) is 1.68. The minimum atomic E-state index is 0.0733. The number of aromatic amines is 1. The molecule has 0 radical (unpaired) electrons. The Bertz CT molecular complexity index is 939. The summed E-state index contributed by atoms with van der Waals surface area (Å²) in [5.41, 5.74) is 4.01. The van der Waals surface area contributed by atoms with Gasteiger partial charge in [0.15, 0.2) is 0 Å². The number of ether oxygens (including phenoxy) is 1. The molecule has 1 aliphatic heterocycles. The number of nitrogens with one attached hydrogen (secondary N) is 1. The largest absolute Gasteiger partial charge is 0.497 e. The number of rotatable bonds is 3. The number of hydrogen-bond acceptors (Lipinski definition) is 3. The number of methoxy groups -OCH3 is 1. The monoisotopic (exact) mass is 349 g/mol. The third kappa shape index (κ3) is 3.12. The van der Waals surface area contributed by atoms with Crippen LogP contribution < -0.4 is 9.64 Å². The van der Waals surface area contributed by atoms with Crippen molar-refractivity contribution >= 4 is 22.5 Å². The van der Waals surface area contributed by atoms with E-state index in [1.807, 2.05) is 29.2 Å². The number of amides is 1. The molecular weight excluding hydrogens is 326 g/mol. The van der Waals surface area contributed by atoms with Crippen molar-refractivity contribution in [1.82, 2.24) is 9.88 Å². The van der Waals surface area contributed by atoms with Crippen molar-refractivity contribution < 1.29 is 9.53 Å². The Kier molecular flexibility index (Phi) is 4.29. The molecule has 3 aromatic rings. The van der Waals surface area contributed by atoms with E-state index in [0.29, 0.717) is 18.8 Å². The van der Waals surface area contributed by atoms with Gasteiger partial charge in [0, 0.05) is 48.8 Å². The van der Waals surface area contributed by atoms with Gasteiger partial charge in [-0.25, -0.2) is 0 Å². The molecule has 1 amide bonds. The smallest absolute Gasteiger partial charge is 0.270 e. The van der Waals surface area contributed by atoms with E-state index in [1.165, 1.54) is 5.56 Å². The van der Waals surface area contributed by atoms with Gasteiger partial charge in [-0.15, -0.1) is 0 Å². The van der Waals surface area contributed by atoms with E-state index in [2.05, 4.69) is 41.1 Å². The Hall–Kier alpha value is -2.95. The standard InChI is InChI=1S/C21H23N3O2/c1-15-6-7-16-13-20(22-19(16)12-15)21(25)24-10-8-23(9-11-24)17-4-3-5-18(14-17)26-2/h3-7,12-14,22H,8-11H2,1-2H3. The van der Waals surface area contributed by atoms with Gasteiger partial charge in [-0.3, -0.25) is 4.79 Å². The second kappa shape index (κ2) is 6.75. The van der Waals surface area contributed by atoms with Gasteiger partial charge in [-0.2, -0.15) is 0 Å². The van der Waals surface area contributed by atoms with Crippen LogP contribution in [0.25, 0.3) is 10.9 Å². The van der Waals surface area contributed by atoms with E-state index in [-0.39, 0.29) is 5.91 Å². The van der Waals surface area contributed by atoms with Crippen LogP contribution >= 0.6 is 0 Å². The highest BCUT2D eigenvalue weighted by Crippen LogP contribution is 2.23. The van der Waals surface area contributed by atoms with Gasteiger partial charge >= 0.3 is 0 Å². The number of hydrogen-bond donors (Lipinski definition) is 1. The first-order valence-corrected chi connectivity index (χ1v) is 8.92. The SMILES string of the molecule is COc1cccc(N2CCN(C(=O)c3cc4ccc(C)cc4[nH]3)CC2)c1. The van der Waals surface area contributed by atoms with Crippen LogP contribution in [0.5, 0.6) is 5.75 Å². The molecule has 1 aromatic heterocycles. The first-order chi connectivity index (χ1) is 12.6. The van der Waals surface area contributed by atoms with Crippen LogP contribution in [-0.4, -0.2) is 49.1 Å². The minimum absolute atomic E-state index is 0.0733. The molecule has 4 rings (SSSR count). The van der Waals surface area contributed by atoms with Gasteiger partial charge in [-0.1, -0.05) is 18.2 Å². The Morgan fingerprint density at radius 3 is 2.62 bits per heavy atom. The van der Waals surface area contributed by atoms with Gasteiger partial charge in [0.1, 0.15) is 11.4 Å². The van der Waals surface area contributed by atoms with Crippen LogP contribution in [0, 0.1) is 6.92 Å². The summed E-state index contributed by atoms with van der Waals surface area (Å²) >= 11 is 0. The number of nitrogens with zero attached hydrogens (tertiary/aromatic N) is 2. The fraction of sp³-hybridized carbons (Fsp3) is 0.286. The zero-order chi connectivity index (χ0) is 18.1. The molecule has 2 aromatic carbocycles. The highest BCUT2D eigenvalue weighted by molar-refractivity contribution is 5.98. The van der Waals surface area contributed by atoms with E-state index in [0.717, 1.165) is 35.4 Å². The maximum atomic E-state index is 12.9. The number of H-pyrrole nitrogens is 1. The number of carbonyl (C=O) groups is 1. The van der Waals surface area contributed by atoms with Crippen molar-refractivity contribution in [1.29, 1.82) is 0 Å². The maximum Gasteiger partial charge on any atom is 0.270 e. The van der Waals surface area contributed by atoms with E-state index >= 15 is 0 Å². The molecule has 2 heterocycles. The molecule has 0 unspecified atom stereocenters. The van der Waals surface area contributed by atoms with Gasteiger partial charge in [0.2, 0.25) is 0 Å².